The van der Waals surface area contributed by atoms with Gasteiger partial charge in [0.1, 0.15) is 11.9 Å². The van der Waals surface area contributed by atoms with E-state index in [1.807, 2.05) is 36.4 Å². The SMILES string of the molecule is CCCN(CCC)C(C)C(C)Oc1ccccc1Sc1ccc(N)c(N)c1. The predicted molar refractivity (Wildman–Crippen MR) is 118 cm³/mol. The molecule has 4 nitrogen and oxygen atoms in total. The summed E-state index contributed by atoms with van der Waals surface area (Å²) in [7, 11) is 0. The van der Waals surface area contributed by atoms with E-state index in [9.17, 15) is 0 Å². The lowest BCUT2D eigenvalue weighted by Crippen LogP contribution is -2.43. The summed E-state index contributed by atoms with van der Waals surface area (Å²) >= 11 is 1.65. The Balaban J connectivity index is 2.13. The van der Waals surface area contributed by atoms with Crippen LogP contribution in [0.2, 0.25) is 0 Å². The van der Waals surface area contributed by atoms with Gasteiger partial charge in [0.05, 0.1) is 16.3 Å². The molecule has 2 rings (SSSR count). The molecule has 0 fully saturated rings. The largest absolute Gasteiger partial charge is 0.488 e. The van der Waals surface area contributed by atoms with Crippen molar-refractivity contribution in [1.29, 1.82) is 0 Å². The van der Waals surface area contributed by atoms with E-state index in [1.54, 1.807) is 11.8 Å². The number of hydrogen-bond donors (Lipinski definition) is 2. The Bertz CT molecular complexity index is 716. The summed E-state index contributed by atoms with van der Waals surface area (Å²) in [5, 5.41) is 0. The van der Waals surface area contributed by atoms with Gasteiger partial charge < -0.3 is 16.2 Å². The third-order valence-electron chi connectivity index (χ3n) is 4.73. The maximum absolute atomic E-state index is 6.39. The second kappa shape index (κ2) is 10.5. The second-order valence-electron chi connectivity index (χ2n) is 6.94. The molecule has 148 valence electrons. The van der Waals surface area contributed by atoms with Gasteiger partial charge >= 0.3 is 0 Å². The minimum absolute atomic E-state index is 0.0985. The smallest absolute Gasteiger partial charge is 0.133 e. The highest BCUT2D eigenvalue weighted by Crippen LogP contribution is 2.37. The summed E-state index contributed by atoms with van der Waals surface area (Å²) in [6.07, 6.45) is 2.41. The molecule has 0 heterocycles. The molecular weight excluding hydrogens is 354 g/mol. The molecule has 0 saturated heterocycles. The van der Waals surface area contributed by atoms with Gasteiger partial charge in [-0.1, -0.05) is 37.7 Å². The lowest BCUT2D eigenvalue weighted by Gasteiger charge is -2.33. The molecule has 0 aromatic heterocycles. The van der Waals surface area contributed by atoms with Gasteiger partial charge in [0, 0.05) is 10.9 Å². The van der Waals surface area contributed by atoms with Gasteiger partial charge in [0.25, 0.3) is 0 Å². The second-order valence-corrected chi connectivity index (χ2v) is 8.05. The van der Waals surface area contributed by atoms with Crippen molar-refractivity contribution in [2.75, 3.05) is 24.6 Å². The summed E-state index contributed by atoms with van der Waals surface area (Å²) in [6.45, 7) is 11.1. The molecule has 0 saturated carbocycles. The highest BCUT2D eigenvalue weighted by Gasteiger charge is 2.21. The van der Waals surface area contributed by atoms with Crippen LogP contribution >= 0.6 is 11.8 Å². The first-order chi connectivity index (χ1) is 13.0. The van der Waals surface area contributed by atoms with Crippen LogP contribution in [0.1, 0.15) is 40.5 Å². The Morgan fingerprint density at radius 3 is 2.26 bits per heavy atom. The van der Waals surface area contributed by atoms with Crippen molar-refractivity contribution >= 4 is 23.1 Å². The van der Waals surface area contributed by atoms with Gasteiger partial charge in [-0.05, 0) is 70.1 Å². The molecule has 0 aliphatic heterocycles. The highest BCUT2D eigenvalue weighted by molar-refractivity contribution is 7.99. The fourth-order valence-corrected chi connectivity index (χ4v) is 4.00. The Morgan fingerprint density at radius 2 is 1.63 bits per heavy atom. The van der Waals surface area contributed by atoms with Crippen LogP contribution in [0.15, 0.2) is 52.3 Å². The number of para-hydroxylation sites is 1. The zero-order valence-corrected chi connectivity index (χ0v) is 17.8. The molecule has 4 N–H and O–H groups in total. The summed E-state index contributed by atoms with van der Waals surface area (Å²) in [6, 6.07) is 14.3. The van der Waals surface area contributed by atoms with Crippen LogP contribution in [-0.4, -0.2) is 30.1 Å². The molecule has 0 spiro atoms. The quantitative estimate of drug-likeness (QED) is 0.543. The average Bonchev–Trinajstić information content (AvgIpc) is 2.65. The van der Waals surface area contributed by atoms with Crippen molar-refractivity contribution in [2.45, 2.75) is 62.5 Å². The molecule has 0 aliphatic rings. The van der Waals surface area contributed by atoms with Crippen LogP contribution in [0.3, 0.4) is 0 Å². The fraction of sp³-hybridized carbons (Fsp3) is 0.455. The number of benzene rings is 2. The van der Waals surface area contributed by atoms with E-state index in [0.29, 0.717) is 17.4 Å². The van der Waals surface area contributed by atoms with E-state index in [1.165, 1.54) is 0 Å². The summed E-state index contributed by atoms with van der Waals surface area (Å²) in [5.41, 5.74) is 13.0. The van der Waals surface area contributed by atoms with Gasteiger partial charge in [-0.2, -0.15) is 0 Å². The Morgan fingerprint density at radius 1 is 0.963 bits per heavy atom. The van der Waals surface area contributed by atoms with Crippen LogP contribution in [0, 0.1) is 0 Å². The fourth-order valence-electron chi connectivity index (χ4n) is 3.06. The maximum atomic E-state index is 6.39. The van der Waals surface area contributed by atoms with Crippen molar-refractivity contribution < 1.29 is 4.74 Å². The molecule has 5 heteroatoms. The van der Waals surface area contributed by atoms with Gasteiger partial charge in [0.2, 0.25) is 0 Å². The molecule has 2 unspecified atom stereocenters. The first-order valence-corrected chi connectivity index (χ1v) is 10.6. The zero-order valence-electron chi connectivity index (χ0n) is 16.9. The predicted octanol–water partition coefficient (Wildman–Crippen LogP) is 5.28. The number of nitrogen functional groups attached to an aromatic ring is 2. The summed E-state index contributed by atoms with van der Waals surface area (Å²) in [4.78, 5) is 4.65. The Hall–Kier alpha value is -1.85. The van der Waals surface area contributed by atoms with E-state index < -0.39 is 0 Å². The third kappa shape index (κ3) is 6.08. The minimum Gasteiger partial charge on any atom is -0.488 e. The topological polar surface area (TPSA) is 64.5 Å². The van der Waals surface area contributed by atoms with Crippen molar-refractivity contribution in [2.24, 2.45) is 0 Å². The number of nitrogens with zero attached hydrogens (tertiary/aromatic N) is 1. The molecule has 27 heavy (non-hydrogen) atoms. The van der Waals surface area contributed by atoms with E-state index in [2.05, 4.69) is 38.7 Å². The van der Waals surface area contributed by atoms with Crippen LogP contribution in [-0.2, 0) is 0 Å². The standard InChI is InChI=1S/C22H33N3OS/c1-5-13-25(14-6-2)16(3)17(4)26-21-9-7-8-10-22(21)27-18-11-12-19(23)20(24)15-18/h7-12,15-17H,5-6,13-14,23-24H2,1-4H3. The molecular formula is C22H33N3OS. The van der Waals surface area contributed by atoms with Crippen molar-refractivity contribution in [3.05, 3.63) is 42.5 Å². The summed E-state index contributed by atoms with van der Waals surface area (Å²) < 4.78 is 6.39. The Kier molecular flexibility index (Phi) is 8.32. The number of hydrogen-bond acceptors (Lipinski definition) is 5. The molecule has 0 aliphatic carbocycles. The average molecular weight is 388 g/mol. The lowest BCUT2D eigenvalue weighted by atomic mass is 10.1. The first-order valence-electron chi connectivity index (χ1n) is 9.78. The van der Waals surface area contributed by atoms with Crippen molar-refractivity contribution in [3.63, 3.8) is 0 Å². The van der Waals surface area contributed by atoms with Crippen LogP contribution in [0.25, 0.3) is 0 Å². The van der Waals surface area contributed by atoms with Gasteiger partial charge in [-0.3, -0.25) is 4.90 Å². The van der Waals surface area contributed by atoms with Gasteiger partial charge in [-0.15, -0.1) is 0 Å². The van der Waals surface area contributed by atoms with Gasteiger partial charge in [-0.25, -0.2) is 0 Å². The molecule has 2 atom stereocenters. The monoisotopic (exact) mass is 387 g/mol. The number of anilines is 2. The number of nitrogens with two attached hydrogens (primary N) is 2. The van der Waals surface area contributed by atoms with Crippen LogP contribution < -0.4 is 16.2 Å². The van der Waals surface area contributed by atoms with E-state index >= 15 is 0 Å². The molecule has 0 bridgehead atoms. The molecule has 2 aromatic rings. The lowest BCUT2D eigenvalue weighted by molar-refractivity contribution is 0.0853. The van der Waals surface area contributed by atoms with Crippen molar-refractivity contribution in [3.8, 4) is 5.75 Å². The van der Waals surface area contributed by atoms with Crippen LogP contribution in [0.4, 0.5) is 11.4 Å². The van der Waals surface area contributed by atoms with Crippen LogP contribution in [0.5, 0.6) is 5.75 Å². The zero-order chi connectivity index (χ0) is 19.8. The number of rotatable bonds is 10. The number of ether oxygens (including phenoxy) is 1. The minimum atomic E-state index is 0.0985. The van der Waals surface area contributed by atoms with E-state index in [0.717, 1.165) is 41.5 Å². The maximum Gasteiger partial charge on any atom is 0.133 e. The molecule has 0 amide bonds. The third-order valence-corrected chi connectivity index (χ3v) is 5.77. The van der Waals surface area contributed by atoms with E-state index in [4.69, 9.17) is 16.2 Å². The van der Waals surface area contributed by atoms with E-state index in [-0.39, 0.29) is 6.10 Å². The molecule has 2 aromatic carbocycles. The summed E-state index contributed by atoms with van der Waals surface area (Å²) in [5.74, 6) is 0.908. The Labute approximate surface area is 168 Å². The first kappa shape index (κ1) is 21.5. The highest BCUT2D eigenvalue weighted by atomic mass is 32.2. The van der Waals surface area contributed by atoms with Crippen molar-refractivity contribution in [1.82, 2.24) is 4.90 Å². The normalized spacial score (nSPS) is 13.5. The molecule has 0 radical (unpaired) electrons. The van der Waals surface area contributed by atoms with Gasteiger partial charge in [0.15, 0.2) is 0 Å².